The summed E-state index contributed by atoms with van der Waals surface area (Å²) in [6, 6.07) is 0. The molecule has 1 saturated carbocycles. The summed E-state index contributed by atoms with van der Waals surface area (Å²) in [5, 5.41) is 9.67. The lowest BCUT2D eigenvalue weighted by Gasteiger charge is -2.37. The van der Waals surface area contributed by atoms with E-state index in [1.807, 2.05) is 6.92 Å². The third kappa shape index (κ3) is 5.04. The van der Waals surface area contributed by atoms with Crippen molar-refractivity contribution in [2.24, 2.45) is 11.7 Å². The van der Waals surface area contributed by atoms with Gasteiger partial charge >= 0.3 is 0 Å². The monoisotopic (exact) mass is 337 g/mol. The lowest BCUT2D eigenvalue weighted by Crippen LogP contribution is -2.51. The number of hydrogen-bond donors (Lipinski definition) is 3. The Bertz CT molecular complexity index is 570. The molecule has 1 heterocycles. The Kier molecular flexibility index (Phi) is 6.33. The maximum atomic E-state index is 12.5. The number of hydrogen-bond acceptors (Lipinski definition) is 5. The third-order valence-corrected chi connectivity index (χ3v) is 4.41. The standard InChI is InChI=1S/C16H27N5O3/c1-16(17)6-4-3-5-13(16)15(23)20-12-9-19-21(10-12)11-14(22)18-7-8-24-2/h9-10,13H,3-8,11,17H2,1-2H3,(H,18,22)(H,20,23). The minimum absolute atomic E-state index is 0.0798. The van der Waals surface area contributed by atoms with Gasteiger partial charge in [0, 0.05) is 25.4 Å². The molecule has 0 aromatic carbocycles. The van der Waals surface area contributed by atoms with Crippen LogP contribution in [0.25, 0.3) is 0 Å². The van der Waals surface area contributed by atoms with Crippen LogP contribution in [0.5, 0.6) is 0 Å². The largest absolute Gasteiger partial charge is 0.383 e. The molecular weight excluding hydrogens is 310 g/mol. The molecule has 2 unspecified atom stereocenters. The molecule has 8 heteroatoms. The SMILES string of the molecule is COCCNC(=O)Cn1cc(NC(=O)C2CCCCC2(C)N)cn1. The number of nitrogens with one attached hydrogen (secondary N) is 2. The van der Waals surface area contributed by atoms with E-state index in [9.17, 15) is 9.59 Å². The van der Waals surface area contributed by atoms with Gasteiger partial charge in [-0.3, -0.25) is 14.3 Å². The van der Waals surface area contributed by atoms with Crippen LogP contribution in [0.2, 0.25) is 0 Å². The van der Waals surface area contributed by atoms with Crippen molar-refractivity contribution in [1.29, 1.82) is 0 Å². The van der Waals surface area contributed by atoms with Gasteiger partial charge in [-0.05, 0) is 19.8 Å². The first-order chi connectivity index (χ1) is 11.4. The molecule has 2 rings (SSSR count). The van der Waals surface area contributed by atoms with Gasteiger partial charge < -0.3 is 21.1 Å². The molecule has 1 fully saturated rings. The summed E-state index contributed by atoms with van der Waals surface area (Å²) in [5.74, 6) is -0.439. The molecule has 8 nitrogen and oxygen atoms in total. The average molecular weight is 337 g/mol. The second-order valence-electron chi connectivity index (χ2n) is 6.56. The van der Waals surface area contributed by atoms with Crippen LogP contribution < -0.4 is 16.4 Å². The highest BCUT2D eigenvalue weighted by Crippen LogP contribution is 2.32. The van der Waals surface area contributed by atoms with Crippen molar-refractivity contribution >= 4 is 17.5 Å². The van der Waals surface area contributed by atoms with Crippen LogP contribution in [0.15, 0.2) is 12.4 Å². The normalized spacial score (nSPS) is 23.7. The van der Waals surface area contributed by atoms with Gasteiger partial charge in [-0.1, -0.05) is 12.8 Å². The number of amides is 2. The van der Waals surface area contributed by atoms with Crippen molar-refractivity contribution in [2.75, 3.05) is 25.6 Å². The third-order valence-electron chi connectivity index (χ3n) is 4.41. The number of ether oxygens (including phenoxy) is 1. The number of methoxy groups -OCH3 is 1. The van der Waals surface area contributed by atoms with Crippen molar-refractivity contribution in [3.8, 4) is 0 Å². The summed E-state index contributed by atoms with van der Waals surface area (Å²) >= 11 is 0. The lowest BCUT2D eigenvalue weighted by molar-refractivity contribution is -0.123. The minimum Gasteiger partial charge on any atom is -0.383 e. The van der Waals surface area contributed by atoms with Crippen molar-refractivity contribution in [1.82, 2.24) is 15.1 Å². The van der Waals surface area contributed by atoms with Gasteiger partial charge in [0.2, 0.25) is 11.8 Å². The molecule has 134 valence electrons. The second-order valence-corrected chi connectivity index (χ2v) is 6.56. The number of carbonyl (C=O) groups excluding carboxylic acids is 2. The van der Waals surface area contributed by atoms with Crippen molar-refractivity contribution in [3.63, 3.8) is 0 Å². The van der Waals surface area contributed by atoms with Crippen molar-refractivity contribution in [2.45, 2.75) is 44.7 Å². The molecule has 1 aliphatic rings. The zero-order valence-electron chi connectivity index (χ0n) is 14.4. The predicted molar refractivity (Wildman–Crippen MR) is 90.3 cm³/mol. The van der Waals surface area contributed by atoms with Gasteiger partial charge in [-0.2, -0.15) is 5.10 Å². The Hall–Kier alpha value is -1.93. The fourth-order valence-electron chi connectivity index (χ4n) is 3.03. The molecule has 0 saturated heterocycles. The number of carbonyl (C=O) groups is 2. The first kappa shape index (κ1) is 18.4. The first-order valence-electron chi connectivity index (χ1n) is 8.30. The Morgan fingerprint density at radius 1 is 1.50 bits per heavy atom. The average Bonchev–Trinajstić information content (AvgIpc) is 2.93. The molecule has 4 N–H and O–H groups in total. The van der Waals surface area contributed by atoms with E-state index in [1.54, 1.807) is 13.3 Å². The van der Waals surface area contributed by atoms with Crippen molar-refractivity contribution in [3.05, 3.63) is 12.4 Å². The molecule has 1 aromatic rings. The van der Waals surface area contributed by atoms with E-state index in [2.05, 4.69) is 15.7 Å². The first-order valence-corrected chi connectivity index (χ1v) is 8.30. The van der Waals surface area contributed by atoms with Crippen LogP contribution >= 0.6 is 0 Å². The Morgan fingerprint density at radius 2 is 2.29 bits per heavy atom. The van der Waals surface area contributed by atoms with Gasteiger partial charge in [0.25, 0.3) is 0 Å². The van der Waals surface area contributed by atoms with Crippen LogP contribution in [0.4, 0.5) is 5.69 Å². The molecule has 0 bridgehead atoms. The molecule has 24 heavy (non-hydrogen) atoms. The fraction of sp³-hybridized carbons (Fsp3) is 0.688. The number of rotatable bonds is 7. The summed E-state index contributed by atoms with van der Waals surface area (Å²) in [6.07, 6.45) is 6.92. The van der Waals surface area contributed by atoms with E-state index in [-0.39, 0.29) is 24.3 Å². The smallest absolute Gasteiger partial charge is 0.241 e. The summed E-state index contributed by atoms with van der Waals surface area (Å²) in [4.78, 5) is 24.2. The van der Waals surface area contributed by atoms with Crippen LogP contribution in [0.3, 0.4) is 0 Å². The summed E-state index contributed by atoms with van der Waals surface area (Å²) < 4.78 is 6.36. The number of nitrogens with two attached hydrogens (primary N) is 1. The van der Waals surface area contributed by atoms with Crippen LogP contribution in [-0.2, 0) is 20.9 Å². The number of anilines is 1. The van der Waals surface area contributed by atoms with Gasteiger partial charge in [0.15, 0.2) is 0 Å². The molecule has 0 aliphatic heterocycles. The Morgan fingerprint density at radius 3 is 3.00 bits per heavy atom. The van der Waals surface area contributed by atoms with Crippen LogP contribution in [0, 0.1) is 5.92 Å². The van der Waals surface area contributed by atoms with Crippen molar-refractivity contribution < 1.29 is 14.3 Å². The van der Waals surface area contributed by atoms with Crippen LogP contribution in [0.1, 0.15) is 32.6 Å². The van der Waals surface area contributed by atoms with E-state index in [0.29, 0.717) is 18.8 Å². The highest BCUT2D eigenvalue weighted by atomic mass is 16.5. The van der Waals surface area contributed by atoms with E-state index < -0.39 is 5.54 Å². The fourth-order valence-corrected chi connectivity index (χ4v) is 3.03. The van der Waals surface area contributed by atoms with Gasteiger partial charge in [-0.15, -0.1) is 0 Å². The second kappa shape index (κ2) is 8.25. The predicted octanol–water partition coefficient (Wildman–Crippen LogP) is 0.492. The summed E-state index contributed by atoms with van der Waals surface area (Å²) in [7, 11) is 1.58. The highest BCUT2D eigenvalue weighted by molar-refractivity contribution is 5.93. The van der Waals surface area contributed by atoms with Gasteiger partial charge in [0.1, 0.15) is 6.54 Å². The molecule has 1 aliphatic carbocycles. The Labute approximate surface area is 142 Å². The zero-order valence-corrected chi connectivity index (χ0v) is 14.4. The summed E-state index contributed by atoms with van der Waals surface area (Å²) in [5.41, 5.74) is 6.36. The molecule has 2 amide bonds. The molecule has 0 radical (unpaired) electrons. The summed E-state index contributed by atoms with van der Waals surface area (Å²) in [6.45, 7) is 2.95. The zero-order chi connectivity index (χ0) is 17.6. The Balaban J connectivity index is 1.86. The highest BCUT2D eigenvalue weighted by Gasteiger charge is 2.37. The maximum Gasteiger partial charge on any atom is 0.241 e. The van der Waals surface area contributed by atoms with E-state index >= 15 is 0 Å². The molecule has 1 aromatic heterocycles. The minimum atomic E-state index is -0.473. The molecule has 0 spiro atoms. The topological polar surface area (TPSA) is 111 Å². The quantitative estimate of drug-likeness (QED) is 0.627. The van der Waals surface area contributed by atoms with Crippen LogP contribution in [-0.4, -0.2) is 47.4 Å². The van der Waals surface area contributed by atoms with E-state index in [1.165, 1.54) is 10.9 Å². The van der Waals surface area contributed by atoms with Gasteiger partial charge in [-0.25, -0.2) is 0 Å². The molecular formula is C16H27N5O3. The van der Waals surface area contributed by atoms with Gasteiger partial charge in [0.05, 0.1) is 24.4 Å². The van der Waals surface area contributed by atoms with E-state index in [0.717, 1.165) is 25.7 Å². The lowest BCUT2D eigenvalue weighted by atomic mass is 9.74. The molecule has 2 atom stereocenters. The van der Waals surface area contributed by atoms with E-state index in [4.69, 9.17) is 10.5 Å². The number of aromatic nitrogens is 2. The number of nitrogens with zero attached hydrogens (tertiary/aromatic N) is 2. The maximum absolute atomic E-state index is 12.5.